The van der Waals surface area contributed by atoms with Crippen LogP contribution in [-0.4, -0.2) is 43.0 Å². The van der Waals surface area contributed by atoms with E-state index in [1.165, 1.54) is 24.6 Å². The number of fused-ring (bicyclic) bond motifs is 1. The van der Waals surface area contributed by atoms with Gasteiger partial charge in [0.1, 0.15) is 5.82 Å². The Hall–Kier alpha value is -2.92. The zero-order chi connectivity index (χ0) is 22.6. The van der Waals surface area contributed by atoms with Crippen LogP contribution in [0.4, 0.5) is 15.8 Å². The topological polar surface area (TPSA) is 35.6 Å². The van der Waals surface area contributed by atoms with Gasteiger partial charge in [0.15, 0.2) is 0 Å². The minimum absolute atomic E-state index is 0.0121. The molecule has 3 aromatic rings. The molecule has 1 heterocycles. The van der Waals surface area contributed by atoms with Crippen LogP contribution in [-0.2, 0) is 10.2 Å². The van der Waals surface area contributed by atoms with Gasteiger partial charge < -0.3 is 10.2 Å². The minimum Gasteiger partial charge on any atom is -0.369 e. The molecule has 1 amide bonds. The van der Waals surface area contributed by atoms with Gasteiger partial charge in [-0.15, -0.1) is 0 Å². The molecule has 3 aromatic carbocycles. The monoisotopic (exact) mass is 443 g/mol. The molecule has 0 unspecified atom stereocenters. The summed E-state index contributed by atoms with van der Waals surface area (Å²) in [6.45, 7) is 6.32. The highest BCUT2D eigenvalue weighted by Crippen LogP contribution is 2.51. The Morgan fingerprint density at radius 1 is 0.970 bits per heavy atom. The second-order valence-corrected chi connectivity index (χ2v) is 9.93. The summed E-state index contributed by atoms with van der Waals surface area (Å²) in [6, 6.07) is 18.0. The Morgan fingerprint density at radius 3 is 2.39 bits per heavy atom. The van der Waals surface area contributed by atoms with E-state index in [0.717, 1.165) is 67.3 Å². The number of rotatable bonds is 5. The molecule has 3 aliphatic rings. The van der Waals surface area contributed by atoms with Gasteiger partial charge >= 0.3 is 0 Å². The summed E-state index contributed by atoms with van der Waals surface area (Å²) in [5, 5.41) is 4.66. The standard InChI is InChI=1S/C28H30FN3O/c1-19-6-7-21(32-16-14-31(15-17-32)20-8-9-20)18-26(19)30-27(33)28(12-13-28)24-10-11-25(29)23-5-3-2-4-22(23)24/h2-7,10-11,18,20H,8-9,12-17H2,1H3,(H,30,33). The lowest BCUT2D eigenvalue weighted by Crippen LogP contribution is -2.47. The number of amides is 1. The quantitative estimate of drug-likeness (QED) is 0.586. The summed E-state index contributed by atoms with van der Waals surface area (Å²) in [6.07, 6.45) is 4.28. The first-order chi connectivity index (χ1) is 16.0. The lowest BCUT2D eigenvalue weighted by atomic mass is 9.89. The van der Waals surface area contributed by atoms with Crippen molar-refractivity contribution in [2.75, 3.05) is 36.4 Å². The van der Waals surface area contributed by atoms with Gasteiger partial charge in [-0.1, -0.05) is 36.4 Å². The lowest BCUT2D eigenvalue weighted by molar-refractivity contribution is -0.118. The van der Waals surface area contributed by atoms with E-state index in [4.69, 9.17) is 0 Å². The number of aryl methyl sites for hydroxylation is 1. The predicted octanol–water partition coefficient (Wildman–Crippen LogP) is 5.24. The molecule has 5 heteroatoms. The Labute approximate surface area is 194 Å². The highest BCUT2D eigenvalue weighted by atomic mass is 19.1. The zero-order valence-electron chi connectivity index (χ0n) is 19.1. The van der Waals surface area contributed by atoms with Crippen molar-refractivity contribution in [1.29, 1.82) is 0 Å². The Balaban J connectivity index is 1.24. The van der Waals surface area contributed by atoms with E-state index < -0.39 is 5.41 Å². The molecule has 2 aliphatic carbocycles. The smallest absolute Gasteiger partial charge is 0.235 e. The molecule has 1 N–H and O–H groups in total. The molecule has 0 bridgehead atoms. The molecule has 2 saturated carbocycles. The van der Waals surface area contributed by atoms with Crippen LogP contribution in [0.5, 0.6) is 0 Å². The van der Waals surface area contributed by atoms with Crippen molar-refractivity contribution in [3.63, 3.8) is 0 Å². The molecule has 170 valence electrons. The van der Waals surface area contributed by atoms with Crippen molar-refractivity contribution < 1.29 is 9.18 Å². The largest absolute Gasteiger partial charge is 0.369 e. The highest BCUT2D eigenvalue weighted by molar-refractivity contribution is 6.05. The number of nitrogens with zero attached hydrogens (tertiary/aromatic N) is 2. The number of carbonyl (C=O) groups is 1. The number of benzene rings is 3. The van der Waals surface area contributed by atoms with E-state index in [9.17, 15) is 9.18 Å². The Morgan fingerprint density at radius 2 is 1.70 bits per heavy atom. The van der Waals surface area contributed by atoms with E-state index >= 15 is 0 Å². The van der Waals surface area contributed by atoms with Crippen LogP contribution in [0.3, 0.4) is 0 Å². The molecule has 4 nitrogen and oxygen atoms in total. The van der Waals surface area contributed by atoms with Gasteiger partial charge in [-0.3, -0.25) is 9.69 Å². The summed E-state index contributed by atoms with van der Waals surface area (Å²) < 4.78 is 14.4. The van der Waals surface area contributed by atoms with Crippen molar-refractivity contribution in [3.05, 3.63) is 71.5 Å². The third-order valence-electron chi connectivity index (χ3n) is 7.78. The fourth-order valence-corrected chi connectivity index (χ4v) is 5.39. The van der Waals surface area contributed by atoms with Crippen LogP contribution < -0.4 is 10.2 Å². The summed E-state index contributed by atoms with van der Waals surface area (Å²) in [5.41, 5.74) is 3.46. The summed E-state index contributed by atoms with van der Waals surface area (Å²) >= 11 is 0. The van der Waals surface area contributed by atoms with Gasteiger partial charge in [-0.05, 0) is 67.3 Å². The van der Waals surface area contributed by atoms with Crippen LogP contribution in [0.15, 0.2) is 54.6 Å². The van der Waals surface area contributed by atoms with Crippen molar-refractivity contribution >= 4 is 28.1 Å². The SMILES string of the molecule is Cc1ccc(N2CCN(C3CC3)CC2)cc1NC(=O)C1(c2ccc(F)c3ccccc23)CC1. The van der Waals surface area contributed by atoms with Crippen LogP contribution in [0.25, 0.3) is 10.8 Å². The predicted molar refractivity (Wildman–Crippen MR) is 131 cm³/mol. The maximum Gasteiger partial charge on any atom is 0.235 e. The normalized spacial score (nSPS) is 20.1. The second kappa shape index (κ2) is 7.84. The second-order valence-electron chi connectivity index (χ2n) is 9.93. The summed E-state index contributed by atoms with van der Waals surface area (Å²) in [7, 11) is 0. The average molecular weight is 444 g/mol. The molecule has 0 radical (unpaired) electrons. The van der Waals surface area contributed by atoms with Crippen LogP contribution in [0.1, 0.15) is 36.8 Å². The van der Waals surface area contributed by atoms with Crippen LogP contribution in [0, 0.1) is 12.7 Å². The van der Waals surface area contributed by atoms with Gasteiger partial charge in [0.25, 0.3) is 0 Å². The Kier molecular flexibility index (Phi) is 4.91. The van der Waals surface area contributed by atoms with Crippen molar-refractivity contribution in [2.24, 2.45) is 0 Å². The molecule has 33 heavy (non-hydrogen) atoms. The van der Waals surface area contributed by atoms with E-state index in [2.05, 4.69) is 33.3 Å². The van der Waals surface area contributed by atoms with Gasteiger partial charge in [0.05, 0.1) is 5.41 Å². The third kappa shape index (κ3) is 3.68. The fourth-order valence-electron chi connectivity index (χ4n) is 5.39. The number of halogens is 1. The molecular weight excluding hydrogens is 413 g/mol. The fraction of sp³-hybridized carbons (Fsp3) is 0.393. The number of piperazine rings is 1. The van der Waals surface area contributed by atoms with Gasteiger partial charge in [-0.2, -0.15) is 0 Å². The van der Waals surface area contributed by atoms with Crippen molar-refractivity contribution in [2.45, 2.75) is 44.1 Å². The zero-order valence-corrected chi connectivity index (χ0v) is 19.1. The molecule has 0 atom stereocenters. The molecular formula is C28H30FN3O. The lowest BCUT2D eigenvalue weighted by Gasteiger charge is -2.36. The average Bonchev–Trinajstić information content (AvgIpc) is 3.75. The first kappa shape index (κ1) is 20.7. The number of hydrogen-bond donors (Lipinski definition) is 1. The van der Waals surface area contributed by atoms with Gasteiger partial charge in [-0.25, -0.2) is 4.39 Å². The first-order valence-electron chi connectivity index (χ1n) is 12.1. The molecule has 0 spiro atoms. The molecule has 6 rings (SSSR count). The number of nitrogens with one attached hydrogen (secondary N) is 1. The number of anilines is 2. The van der Waals surface area contributed by atoms with Gasteiger partial charge in [0, 0.05) is 49.0 Å². The molecule has 0 aromatic heterocycles. The van der Waals surface area contributed by atoms with E-state index in [1.807, 2.05) is 25.1 Å². The first-order valence-corrected chi connectivity index (χ1v) is 12.1. The van der Waals surface area contributed by atoms with E-state index in [1.54, 1.807) is 12.1 Å². The van der Waals surface area contributed by atoms with E-state index in [-0.39, 0.29) is 11.7 Å². The molecule has 1 aliphatic heterocycles. The molecule has 3 fully saturated rings. The summed E-state index contributed by atoms with van der Waals surface area (Å²) in [5.74, 6) is -0.228. The maximum atomic E-state index is 14.4. The summed E-state index contributed by atoms with van der Waals surface area (Å²) in [4.78, 5) is 18.6. The highest BCUT2D eigenvalue weighted by Gasteiger charge is 2.52. The van der Waals surface area contributed by atoms with Crippen molar-refractivity contribution in [3.8, 4) is 0 Å². The number of carbonyl (C=O) groups excluding carboxylic acids is 1. The molecule has 1 saturated heterocycles. The van der Waals surface area contributed by atoms with E-state index in [0.29, 0.717) is 5.39 Å². The minimum atomic E-state index is -0.578. The van der Waals surface area contributed by atoms with Crippen molar-refractivity contribution in [1.82, 2.24) is 4.90 Å². The Bertz CT molecular complexity index is 1220. The van der Waals surface area contributed by atoms with Crippen LogP contribution in [0.2, 0.25) is 0 Å². The maximum absolute atomic E-state index is 14.4. The number of hydrogen-bond acceptors (Lipinski definition) is 3. The van der Waals surface area contributed by atoms with Gasteiger partial charge in [0.2, 0.25) is 5.91 Å². The van der Waals surface area contributed by atoms with Crippen LogP contribution >= 0.6 is 0 Å². The third-order valence-corrected chi connectivity index (χ3v) is 7.78.